The summed E-state index contributed by atoms with van der Waals surface area (Å²) < 4.78 is 0. The molecule has 1 heterocycles. The molecule has 0 fully saturated rings. The van der Waals surface area contributed by atoms with Crippen LogP contribution >= 0.6 is 0 Å². The molecule has 0 radical (unpaired) electrons. The van der Waals surface area contributed by atoms with Gasteiger partial charge in [0.1, 0.15) is 11.7 Å². The Morgan fingerprint density at radius 2 is 2.19 bits per heavy atom. The number of amides is 1. The van der Waals surface area contributed by atoms with E-state index in [2.05, 4.69) is 10.3 Å². The largest absolute Gasteiger partial charge is 0.480 e. The van der Waals surface area contributed by atoms with Crippen LogP contribution in [0.3, 0.4) is 0 Å². The van der Waals surface area contributed by atoms with E-state index in [0.717, 1.165) is 0 Å². The Bertz CT molecular complexity index is 357. The predicted molar refractivity (Wildman–Crippen MR) is 59.1 cm³/mol. The first-order valence-corrected chi connectivity index (χ1v) is 5.17. The number of carbonyl (C=O) groups excluding carboxylic acids is 1. The summed E-state index contributed by atoms with van der Waals surface area (Å²) in [5.41, 5.74) is 0.370. The van der Waals surface area contributed by atoms with Gasteiger partial charge in [-0.25, -0.2) is 4.79 Å². The Labute approximate surface area is 93.9 Å². The maximum Gasteiger partial charge on any atom is 0.326 e. The van der Waals surface area contributed by atoms with E-state index in [1.165, 1.54) is 0 Å². The zero-order valence-electron chi connectivity index (χ0n) is 9.36. The lowest BCUT2D eigenvalue weighted by atomic mass is 10.0. The van der Waals surface area contributed by atoms with Gasteiger partial charge in [0.05, 0.1) is 0 Å². The molecule has 0 aliphatic carbocycles. The third-order valence-corrected chi connectivity index (χ3v) is 2.15. The van der Waals surface area contributed by atoms with Crippen LogP contribution in [0.1, 0.15) is 30.8 Å². The Morgan fingerprint density at radius 3 is 2.62 bits per heavy atom. The second-order valence-electron chi connectivity index (χ2n) is 4.08. The maximum absolute atomic E-state index is 11.6. The fraction of sp³-hybridized carbons (Fsp3) is 0.455. The number of hydrogen-bond acceptors (Lipinski definition) is 2. The molecule has 1 atom stereocenters. The zero-order chi connectivity index (χ0) is 12.1. The molecule has 0 aliphatic heterocycles. The van der Waals surface area contributed by atoms with Crippen LogP contribution in [0, 0.1) is 5.92 Å². The molecule has 0 spiro atoms. The molecule has 0 saturated carbocycles. The number of aliphatic carboxylic acids is 1. The van der Waals surface area contributed by atoms with Crippen molar-refractivity contribution in [3.63, 3.8) is 0 Å². The maximum atomic E-state index is 11.6. The minimum absolute atomic E-state index is 0.213. The van der Waals surface area contributed by atoms with Crippen molar-refractivity contribution in [2.75, 3.05) is 0 Å². The Hall–Kier alpha value is -1.78. The highest BCUT2D eigenvalue weighted by Gasteiger charge is 2.21. The molecule has 0 unspecified atom stereocenters. The minimum atomic E-state index is -1.01. The van der Waals surface area contributed by atoms with Gasteiger partial charge in [0.2, 0.25) is 0 Å². The molecule has 1 aromatic rings. The van der Waals surface area contributed by atoms with Crippen LogP contribution in [0.4, 0.5) is 0 Å². The van der Waals surface area contributed by atoms with E-state index in [9.17, 15) is 9.59 Å². The van der Waals surface area contributed by atoms with Crippen LogP contribution in [0.2, 0.25) is 0 Å². The quantitative estimate of drug-likeness (QED) is 0.703. The summed E-state index contributed by atoms with van der Waals surface area (Å²) in [6.45, 7) is 3.83. The second-order valence-corrected chi connectivity index (χ2v) is 4.08. The van der Waals surface area contributed by atoms with E-state index in [-0.39, 0.29) is 5.92 Å². The van der Waals surface area contributed by atoms with E-state index in [0.29, 0.717) is 12.1 Å². The summed E-state index contributed by atoms with van der Waals surface area (Å²) >= 11 is 0. The second kappa shape index (κ2) is 5.34. The van der Waals surface area contributed by atoms with Gasteiger partial charge in [-0.05, 0) is 24.5 Å². The highest BCUT2D eigenvalue weighted by Crippen LogP contribution is 2.06. The van der Waals surface area contributed by atoms with Gasteiger partial charge in [-0.3, -0.25) is 4.79 Å². The number of H-pyrrole nitrogens is 1. The van der Waals surface area contributed by atoms with Crippen LogP contribution in [0.5, 0.6) is 0 Å². The number of aromatic nitrogens is 1. The van der Waals surface area contributed by atoms with E-state index >= 15 is 0 Å². The van der Waals surface area contributed by atoms with E-state index in [4.69, 9.17) is 5.11 Å². The van der Waals surface area contributed by atoms with Crippen molar-refractivity contribution in [1.82, 2.24) is 10.3 Å². The van der Waals surface area contributed by atoms with Crippen molar-refractivity contribution in [2.45, 2.75) is 26.3 Å². The van der Waals surface area contributed by atoms with Crippen molar-refractivity contribution in [1.29, 1.82) is 0 Å². The molecule has 0 aromatic carbocycles. The van der Waals surface area contributed by atoms with Gasteiger partial charge < -0.3 is 15.4 Å². The van der Waals surface area contributed by atoms with Crippen molar-refractivity contribution >= 4 is 11.9 Å². The number of hydrogen-bond donors (Lipinski definition) is 3. The van der Waals surface area contributed by atoms with Crippen LogP contribution in [0.25, 0.3) is 0 Å². The lowest BCUT2D eigenvalue weighted by Crippen LogP contribution is -2.41. The number of carboxylic acid groups (broad SMARTS) is 1. The fourth-order valence-electron chi connectivity index (χ4n) is 1.40. The van der Waals surface area contributed by atoms with Crippen molar-refractivity contribution in [3.05, 3.63) is 24.0 Å². The molecule has 0 aliphatic rings. The Morgan fingerprint density at radius 1 is 1.50 bits per heavy atom. The Kier molecular flexibility index (Phi) is 4.10. The lowest BCUT2D eigenvalue weighted by molar-refractivity contribution is -0.139. The van der Waals surface area contributed by atoms with Gasteiger partial charge in [0.25, 0.3) is 5.91 Å². The van der Waals surface area contributed by atoms with Crippen LogP contribution < -0.4 is 5.32 Å². The number of nitrogens with one attached hydrogen (secondary N) is 2. The standard InChI is InChI=1S/C11H16N2O3/c1-7(2)6-9(11(15)16)13-10(14)8-4-3-5-12-8/h3-5,7,9,12H,6H2,1-2H3,(H,13,14)(H,15,16)/t9-/m0/s1. The first-order valence-electron chi connectivity index (χ1n) is 5.17. The average Bonchev–Trinajstić information content (AvgIpc) is 2.68. The van der Waals surface area contributed by atoms with E-state index < -0.39 is 17.9 Å². The molecular weight excluding hydrogens is 208 g/mol. The number of carbonyl (C=O) groups is 2. The summed E-state index contributed by atoms with van der Waals surface area (Å²) in [4.78, 5) is 25.2. The first-order chi connectivity index (χ1) is 7.50. The molecule has 0 saturated heterocycles. The van der Waals surface area contributed by atoms with Crippen LogP contribution in [-0.4, -0.2) is 28.0 Å². The molecule has 16 heavy (non-hydrogen) atoms. The van der Waals surface area contributed by atoms with Gasteiger partial charge in [-0.1, -0.05) is 13.8 Å². The van der Waals surface area contributed by atoms with Crippen molar-refractivity contribution in [3.8, 4) is 0 Å². The highest BCUT2D eigenvalue weighted by atomic mass is 16.4. The van der Waals surface area contributed by atoms with E-state index in [1.54, 1.807) is 18.3 Å². The highest BCUT2D eigenvalue weighted by molar-refractivity contribution is 5.94. The van der Waals surface area contributed by atoms with E-state index in [1.807, 2.05) is 13.8 Å². The molecule has 3 N–H and O–H groups in total. The predicted octanol–water partition coefficient (Wildman–Crippen LogP) is 1.24. The van der Waals surface area contributed by atoms with Crippen LogP contribution in [-0.2, 0) is 4.79 Å². The third kappa shape index (κ3) is 3.42. The SMILES string of the molecule is CC(C)C[C@H](NC(=O)c1ccc[nH]1)C(=O)O. The van der Waals surface area contributed by atoms with Crippen LogP contribution in [0.15, 0.2) is 18.3 Å². The fourth-order valence-corrected chi connectivity index (χ4v) is 1.40. The van der Waals surface area contributed by atoms with Gasteiger partial charge in [-0.2, -0.15) is 0 Å². The van der Waals surface area contributed by atoms with Gasteiger partial charge in [0, 0.05) is 6.20 Å². The monoisotopic (exact) mass is 224 g/mol. The zero-order valence-corrected chi connectivity index (χ0v) is 9.36. The first kappa shape index (κ1) is 12.3. The summed E-state index contributed by atoms with van der Waals surface area (Å²) in [7, 11) is 0. The summed E-state index contributed by atoms with van der Waals surface area (Å²) in [5, 5.41) is 11.4. The topological polar surface area (TPSA) is 82.2 Å². The molecule has 1 amide bonds. The third-order valence-electron chi connectivity index (χ3n) is 2.15. The summed E-state index contributed by atoms with van der Waals surface area (Å²) in [6.07, 6.45) is 2.04. The lowest BCUT2D eigenvalue weighted by Gasteiger charge is -2.15. The van der Waals surface area contributed by atoms with Gasteiger partial charge >= 0.3 is 5.97 Å². The number of carboxylic acids is 1. The summed E-state index contributed by atoms with van der Waals surface area (Å²) in [5.74, 6) is -1.18. The number of aromatic amines is 1. The molecule has 88 valence electrons. The normalized spacial score (nSPS) is 12.4. The molecule has 5 heteroatoms. The molecule has 0 bridgehead atoms. The van der Waals surface area contributed by atoms with Crippen molar-refractivity contribution in [2.24, 2.45) is 5.92 Å². The van der Waals surface area contributed by atoms with Gasteiger partial charge in [0.15, 0.2) is 0 Å². The average molecular weight is 224 g/mol. The smallest absolute Gasteiger partial charge is 0.326 e. The van der Waals surface area contributed by atoms with Crippen molar-refractivity contribution < 1.29 is 14.7 Å². The molecule has 1 rings (SSSR count). The summed E-state index contributed by atoms with van der Waals surface area (Å²) in [6, 6.07) is 2.45. The molecular formula is C11H16N2O3. The Balaban J connectivity index is 2.62. The molecule has 5 nitrogen and oxygen atoms in total. The van der Waals surface area contributed by atoms with Gasteiger partial charge in [-0.15, -0.1) is 0 Å². The molecule has 1 aromatic heterocycles. The number of rotatable bonds is 5. The minimum Gasteiger partial charge on any atom is -0.480 e.